The molecule has 0 saturated carbocycles. The van der Waals surface area contributed by atoms with Crippen LogP contribution in [0.25, 0.3) is 11.1 Å². The molecular weight excluding hydrogens is 311 g/mol. The van der Waals surface area contributed by atoms with Crippen LogP contribution in [-0.4, -0.2) is 13.4 Å². The molecule has 3 rings (SSSR count). The number of nitrogens with one attached hydrogen (secondary N) is 2. The molecule has 0 aliphatic carbocycles. The molecule has 22 heavy (non-hydrogen) atoms. The van der Waals surface area contributed by atoms with Gasteiger partial charge >= 0.3 is 5.76 Å². The summed E-state index contributed by atoms with van der Waals surface area (Å²) >= 11 is 0. The molecule has 8 heteroatoms. The smallest absolute Gasteiger partial charge is 0.408 e. The summed E-state index contributed by atoms with van der Waals surface area (Å²) in [6, 6.07) is 9.38. The maximum atomic E-state index is 12.8. The van der Waals surface area contributed by atoms with E-state index in [-0.39, 0.29) is 11.4 Å². The van der Waals surface area contributed by atoms with Gasteiger partial charge in [0.1, 0.15) is 5.82 Å². The van der Waals surface area contributed by atoms with Gasteiger partial charge in [-0.25, -0.2) is 22.3 Å². The quantitative estimate of drug-likeness (QED) is 0.765. The number of halogens is 1. The second kappa shape index (κ2) is 5.39. The third kappa shape index (κ3) is 2.92. The van der Waals surface area contributed by atoms with E-state index >= 15 is 0 Å². The molecule has 0 fully saturated rings. The number of oxazole rings is 1. The van der Waals surface area contributed by atoms with Crippen LogP contribution < -0.4 is 10.5 Å². The van der Waals surface area contributed by atoms with E-state index in [1.807, 2.05) is 0 Å². The molecule has 2 N–H and O–H groups in total. The number of sulfonamides is 1. The highest BCUT2D eigenvalue weighted by Gasteiger charge is 2.13. The zero-order chi connectivity index (χ0) is 15.7. The minimum Gasteiger partial charge on any atom is -0.408 e. The number of aromatic amines is 1. The van der Waals surface area contributed by atoms with Crippen molar-refractivity contribution in [2.45, 2.75) is 11.4 Å². The Morgan fingerprint density at radius 2 is 1.86 bits per heavy atom. The van der Waals surface area contributed by atoms with Crippen LogP contribution in [0.4, 0.5) is 4.39 Å². The van der Waals surface area contributed by atoms with Gasteiger partial charge in [0.15, 0.2) is 5.58 Å². The fourth-order valence-corrected chi connectivity index (χ4v) is 3.00. The molecule has 6 nitrogen and oxygen atoms in total. The maximum absolute atomic E-state index is 12.8. The van der Waals surface area contributed by atoms with Gasteiger partial charge in [-0.1, -0.05) is 6.07 Å². The van der Waals surface area contributed by atoms with Crippen LogP contribution in [0.15, 0.2) is 56.6 Å². The van der Waals surface area contributed by atoms with Crippen LogP contribution in [0.5, 0.6) is 0 Å². The molecule has 0 atom stereocenters. The van der Waals surface area contributed by atoms with E-state index in [2.05, 4.69) is 9.71 Å². The Balaban J connectivity index is 1.80. The molecule has 114 valence electrons. The largest absolute Gasteiger partial charge is 0.417 e. The van der Waals surface area contributed by atoms with Crippen molar-refractivity contribution in [2.75, 3.05) is 0 Å². The van der Waals surface area contributed by atoms with Crippen molar-refractivity contribution in [3.63, 3.8) is 0 Å². The fourth-order valence-electron chi connectivity index (χ4n) is 1.98. The zero-order valence-electron chi connectivity index (χ0n) is 11.2. The molecule has 0 saturated heterocycles. The molecule has 0 radical (unpaired) electrons. The van der Waals surface area contributed by atoms with Gasteiger partial charge < -0.3 is 4.42 Å². The molecule has 0 aliphatic heterocycles. The Hall–Kier alpha value is -2.45. The van der Waals surface area contributed by atoms with Gasteiger partial charge in [0.25, 0.3) is 0 Å². The number of rotatable bonds is 4. The van der Waals surface area contributed by atoms with Gasteiger partial charge in [-0.2, -0.15) is 0 Å². The lowest BCUT2D eigenvalue weighted by Gasteiger charge is -2.06. The van der Waals surface area contributed by atoms with E-state index in [1.54, 1.807) is 18.2 Å². The van der Waals surface area contributed by atoms with Gasteiger partial charge in [0, 0.05) is 6.54 Å². The number of fused-ring (bicyclic) bond motifs is 1. The van der Waals surface area contributed by atoms with Gasteiger partial charge in [0.2, 0.25) is 10.0 Å². The molecule has 0 amide bonds. The average Bonchev–Trinajstić information content (AvgIpc) is 2.85. The average molecular weight is 322 g/mol. The number of benzene rings is 2. The summed E-state index contributed by atoms with van der Waals surface area (Å²) in [5.41, 5.74) is 1.54. The van der Waals surface area contributed by atoms with Gasteiger partial charge in [-0.3, -0.25) is 4.98 Å². The van der Waals surface area contributed by atoms with Crippen molar-refractivity contribution in [1.82, 2.24) is 9.71 Å². The highest BCUT2D eigenvalue weighted by Crippen LogP contribution is 2.14. The number of hydrogen-bond donors (Lipinski definition) is 2. The Morgan fingerprint density at radius 1 is 1.14 bits per heavy atom. The summed E-state index contributed by atoms with van der Waals surface area (Å²) in [7, 11) is -3.74. The van der Waals surface area contributed by atoms with Crippen molar-refractivity contribution in [3.8, 4) is 0 Å². The van der Waals surface area contributed by atoms with Gasteiger partial charge in [-0.15, -0.1) is 0 Å². The summed E-state index contributed by atoms with van der Waals surface area (Å²) in [5.74, 6) is -1.08. The van der Waals surface area contributed by atoms with Crippen molar-refractivity contribution in [2.24, 2.45) is 0 Å². The van der Waals surface area contributed by atoms with E-state index in [1.165, 1.54) is 12.1 Å². The first kappa shape index (κ1) is 14.5. The molecule has 0 bridgehead atoms. The predicted octanol–water partition coefficient (Wildman–Crippen LogP) is 1.74. The standard InChI is InChI=1S/C14H11FN2O4S/c15-10-2-4-11(5-3-10)22(19,20)16-8-9-1-6-13-12(7-9)17-14(18)21-13/h1-7,16H,8H2,(H,17,18). The minimum atomic E-state index is -3.74. The van der Waals surface area contributed by atoms with E-state index in [4.69, 9.17) is 4.42 Å². The van der Waals surface area contributed by atoms with Gasteiger partial charge in [0.05, 0.1) is 10.4 Å². The summed E-state index contributed by atoms with van der Waals surface area (Å²) in [6.45, 7) is 0.0306. The molecule has 0 spiro atoms. The number of aromatic nitrogens is 1. The molecule has 3 aromatic rings. The Labute approximate surface area is 124 Å². The first-order valence-corrected chi connectivity index (χ1v) is 7.79. The SMILES string of the molecule is O=c1[nH]c2cc(CNS(=O)(=O)c3ccc(F)cc3)ccc2o1. The third-order valence-electron chi connectivity index (χ3n) is 3.07. The number of H-pyrrole nitrogens is 1. The monoisotopic (exact) mass is 322 g/mol. The van der Waals surface area contributed by atoms with Crippen molar-refractivity contribution in [3.05, 3.63) is 64.4 Å². The normalized spacial score (nSPS) is 11.9. The summed E-state index contributed by atoms with van der Waals surface area (Å²) in [5, 5.41) is 0. The highest BCUT2D eigenvalue weighted by atomic mass is 32.2. The van der Waals surface area contributed by atoms with Crippen molar-refractivity contribution in [1.29, 1.82) is 0 Å². The Kier molecular flexibility index (Phi) is 3.55. The maximum Gasteiger partial charge on any atom is 0.417 e. The molecule has 1 aromatic heterocycles. The lowest BCUT2D eigenvalue weighted by molar-refractivity contribution is 0.555. The summed E-state index contributed by atoms with van der Waals surface area (Å²) in [6.07, 6.45) is 0. The molecule has 2 aromatic carbocycles. The lowest BCUT2D eigenvalue weighted by Crippen LogP contribution is -2.23. The lowest BCUT2D eigenvalue weighted by atomic mass is 10.2. The predicted molar refractivity (Wildman–Crippen MR) is 77.3 cm³/mol. The first-order chi connectivity index (χ1) is 10.4. The van der Waals surface area contributed by atoms with Gasteiger partial charge in [-0.05, 0) is 42.0 Å². The highest BCUT2D eigenvalue weighted by molar-refractivity contribution is 7.89. The second-order valence-corrected chi connectivity index (χ2v) is 6.39. The van der Waals surface area contributed by atoms with Crippen LogP contribution in [0.3, 0.4) is 0 Å². The van der Waals surface area contributed by atoms with Crippen LogP contribution in [-0.2, 0) is 16.6 Å². The molecule has 0 unspecified atom stereocenters. The van der Waals surface area contributed by atoms with E-state index in [9.17, 15) is 17.6 Å². The zero-order valence-corrected chi connectivity index (χ0v) is 12.0. The second-order valence-electron chi connectivity index (χ2n) is 4.62. The van der Waals surface area contributed by atoms with Crippen LogP contribution >= 0.6 is 0 Å². The Morgan fingerprint density at radius 3 is 2.59 bits per heavy atom. The van der Waals surface area contributed by atoms with E-state index in [0.29, 0.717) is 16.7 Å². The molecular formula is C14H11FN2O4S. The Bertz CT molecular complexity index is 974. The van der Waals surface area contributed by atoms with Crippen molar-refractivity contribution >= 4 is 21.1 Å². The fraction of sp³-hybridized carbons (Fsp3) is 0.0714. The third-order valence-corrected chi connectivity index (χ3v) is 4.49. The van der Waals surface area contributed by atoms with E-state index in [0.717, 1.165) is 12.1 Å². The molecule has 0 aliphatic rings. The first-order valence-electron chi connectivity index (χ1n) is 6.31. The van der Waals surface area contributed by atoms with E-state index < -0.39 is 21.6 Å². The summed E-state index contributed by atoms with van der Waals surface area (Å²) < 4.78 is 44.2. The summed E-state index contributed by atoms with van der Waals surface area (Å²) in [4.78, 5) is 13.5. The van der Waals surface area contributed by atoms with Crippen molar-refractivity contribution < 1.29 is 17.2 Å². The van der Waals surface area contributed by atoms with Crippen LogP contribution in [0.2, 0.25) is 0 Å². The number of hydrogen-bond acceptors (Lipinski definition) is 4. The van der Waals surface area contributed by atoms with Crippen LogP contribution in [0.1, 0.15) is 5.56 Å². The molecule has 1 heterocycles. The minimum absolute atomic E-state index is 0.0216. The van der Waals surface area contributed by atoms with Crippen LogP contribution in [0, 0.1) is 5.82 Å². The topological polar surface area (TPSA) is 92.2 Å².